The lowest BCUT2D eigenvalue weighted by atomic mass is 9.39. The first kappa shape index (κ1) is 40.4. The molecule has 10 aliphatic rings. The number of aliphatic hydroxyl groups is 6. The van der Waals surface area contributed by atoms with Crippen molar-refractivity contribution in [1.29, 1.82) is 0 Å². The van der Waals surface area contributed by atoms with Gasteiger partial charge in [0.25, 0.3) is 0 Å². The van der Waals surface area contributed by atoms with Crippen LogP contribution in [0, 0.1) is 57.2 Å². The van der Waals surface area contributed by atoms with Crippen molar-refractivity contribution in [2.75, 3.05) is 33.5 Å². The van der Waals surface area contributed by atoms with Crippen LogP contribution in [0.3, 0.4) is 0 Å². The van der Waals surface area contributed by atoms with Crippen LogP contribution in [0.4, 0.5) is 0 Å². The average molecular weight is 797 g/mol. The number of aliphatic hydroxyl groups excluding tert-OH is 2. The van der Waals surface area contributed by atoms with Crippen molar-refractivity contribution in [1.82, 2.24) is 10.2 Å². The summed E-state index contributed by atoms with van der Waals surface area (Å²) < 4.78 is 17.9. The van der Waals surface area contributed by atoms with E-state index in [0.717, 1.165) is 25.7 Å². The standard InChI is InChI=1S/C44H64N2O11/c1-38-15-10-26(56-20-8-19-55-4)21-28(38)29(48)22-31-42(38)14-7-9-25-23-46(25)37(50)34-41(12-5-6-13-41)32-27(24-47)35(57-33(32)36(49)45-34)44(53,54)40(3,51)30-11-16-43(31,52)39(30,2)17-18-42/h22,25-28,30,32-36,45,47,49,51-54H,5-6,8-13,15-21,23-24H2,1-4H3/t25-,26+,27-,28+,30+,32-,33-,34+,35+,36+,38+,39-,40+,42+,43-,46?/m1/s1. The smallest absolute Gasteiger partial charge is 0.240 e. The van der Waals surface area contributed by atoms with Crippen molar-refractivity contribution >= 4 is 11.7 Å². The maximum Gasteiger partial charge on any atom is 0.240 e. The summed E-state index contributed by atoms with van der Waals surface area (Å²) in [4.78, 5) is 30.8. The van der Waals surface area contributed by atoms with Crippen LogP contribution in [0.2, 0.25) is 0 Å². The molecule has 7 bridgehead atoms. The molecule has 316 valence electrons. The minimum absolute atomic E-state index is 0.0682. The van der Waals surface area contributed by atoms with Gasteiger partial charge in [0, 0.05) is 74.4 Å². The largest absolute Gasteiger partial charge is 0.396 e. The highest BCUT2D eigenvalue weighted by Gasteiger charge is 2.77. The van der Waals surface area contributed by atoms with Gasteiger partial charge in [-0.3, -0.25) is 14.9 Å². The van der Waals surface area contributed by atoms with Crippen LogP contribution in [-0.4, -0.2) is 134 Å². The third-order valence-electron chi connectivity index (χ3n) is 18.0. The fourth-order valence-corrected chi connectivity index (χ4v) is 14.7. The predicted molar refractivity (Wildman–Crippen MR) is 204 cm³/mol. The average Bonchev–Trinajstić information content (AvgIpc) is 3.45. The summed E-state index contributed by atoms with van der Waals surface area (Å²) in [6.07, 6.45) is 5.07. The van der Waals surface area contributed by atoms with Gasteiger partial charge in [-0.2, -0.15) is 0 Å². The second-order valence-corrected chi connectivity index (χ2v) is 20.2. The Kier molecular flexibility index (Phi) is 9.59. The zero-order valence-electron chi connectivity index (χ0n) is 34.0. The van der Waals surface area contributed by atoms with E-state index in [1.54, 1.807) is 18.1 Å². The molecule has 7 fully saturated rings. The maximum atomic E-state index is 14.5. The predicted octanol–water partition coefficient (Wildman–Crippen LogP) is 1.54. The number of carbonyl (C=O) groups is 2. The maximum absolute atomic E-state index is 14.5. The number of carbonyl (C=O) groups excluding carboxylic acids is 2. The topological polar surface area (TPSA) is 198 Å². The van der Waals surface area contributed by atoms with Crippen molar-refractivity contribution < 1.29 is 54.4 Å². The van der Waals surface area contributed by atoms with Crippen LogP contribution < -0.4 is 5.32 Å². The molecule has 2 spiro atoms. The van der Waals surface area contributed by atoms with Gasteiger partial charge in [-0.15, -0.1) is 5.92 Å². The summed E-state index contributed by atoms with van der Waals surface area (Å²) in [5.74, 6) is 1.30. The molecule has 0 radical (unpaired) electrons. The molecule has 13 nitrogen and oxygen atoms in total. The van der Waals surface area contributed by atoms with Crippen LogP contribution in [-0.2, 0) is 23.8 Å². The minimum Gasteiger partial charge on any atom is -0.396 e. The molecular formula is C44H64N2O11. The fourth-order valence-electron chi connectivity index (χ4n) is 14.7. The Morgan fingerprint density at radius 2 is 1.74 bits per heavy atom. The zero-order chi connectivity index (χ0) is 40.6. The van der Waals surface area contributed by atoms with Crippen molar-refractivity contribution in [2.24, 2.45) is 45.3 Å². The molecule has 10 rings (SSSR count). The summed E-state index contributed by atoms with van der Waals surface area (Å²) >= 11 is 0. The Morgan fingerprint density at radius 1 is 0.982 bits per heavy atom. The third kappa shape index (κ3) is 5.31. The first-order chi connectivity index (χ1) is 27.0. The molecule has 0 aromatic carbocycles. The minimum atomic E-state index is -2.95. The number of ether oxygens (including phenoxy) is 3. The number of hydrogen-bond donors (Lipinski definition) is 7. The fraction of sp³-hybridized carbons (Fsp3) is 0.864. The molecule has 5 heterocycles. The molecule has 0 unspecified atom stereocenters. The Hall–Kier alpha value is -1.96. The highest BCUT2D eigenvalue weighted by molar-refractivity contribution is 5.96. The molecule has 4 saturated carbocycles. The van der Waals surface area contributed by atoms with E-state index in [2.05, 4.69) is 24.1 Å². The van der Waals surface area contributed by atoms with Crippen LogP contribution in [0.1, 0.15) is 104 Å². The Morgan fingerprint density at radius 3 is 2.46 bits per heavy atom. The van der Waals surface area contributed by atoms with Gasteiger partial charge in [0.05, 0.1) is 29.2 Å². The lowest BCUT2D eigenvalue weighted by Gasteiger charge is -2.64. The highest BCUT2D eigenvalue weighted by atomic mass is 16.6. The van der Waals surface area contributed by atoms with Gasteiger partial charge < -0.3 is 49.7 Å². The molecule has 0 aromatic heterocycles. The normalized spacial score (nSPS) is 50.4. The third-order valence-corrected chi connectivity index (χ3v) is 18.0. The molecule has 7 N–H and O–H groups in total. The second kappa shape index (κ2) is 13.5. The van der Waals surface area contributed by atoms with Gasteiger partial charge >= 0.3 is 0 Å². The van der Waals surface area contributed by atoms with Crippen molar-refractivity contribution in [3.8, 4) is 11.8 Å². The number of methoxy groups -OCH3 is 1. The van der Waals surface area contributed by atoms with E-state index in [-0.39, 0.29) is 42.6 Å². The van der Waals surface area contributed by atoms with Crippen LogP contribution in [0.25, 0.3) is 0 Å². The van der Waals surface area contributed by atoms with E-state index in [9.17, 15) is 40.2 Å². The van der Waals surface area contributed by atoms with E-state index in [0.29, 0.717) is 70.3 Å². The highest BCUT2D eigenvalue weighted by Crippen LogP contribution is 2.74. The molecule has 0 aromatic rings. The second-order valence-electron chi connectivity index (χ2n) is 20.2. The Labute approximate surface area is 335 Å². The van der Waals surface area contributed by atoms with E-state index in [4.69, 9.17) is 14.2 Å². The number of allylic oxidation sites excluding steroid dienone is 1. The van der Waals surface area contributed by atoms with Crippen LogP contribution >= 0.6 is 0 Å². The molecule has 15 atom stereocenters. The lowest BCUT2D eigenvalue weighted by Crippen LogP contribution is -2.70. The Balaban J connectivity index is 1.16. The van der Waals surface area contributed by atoms with E-state index < -0.39 is 87.5 Å². The van der Waals surface area contributed by atoms with Crippen molar-refractivity contribution in [3.63, 3.8) is 0 Å². The molecular weight excluding hydrogens is 732 g/mol. The molecule has 3 saturated heterocycles. The van der Waals surface area contributed by atoms with Crippen LogP contribution in [0.5, 0.6) is 0 Å². The van der Waals surface area contributed by atoms with Gasteiger partial charge in [0.15, 0.2) is 5.78 Å². The number of piperidine rings is 1. The number of ketones is 1. The Bertz CT molecular complexity index is 1750. The molecule has 5 aliphatic heterocycles. The molecule has 5 aliphatic carbocycles. The summed E-state index contributed by atoms with van der Waals surface area (Å²) in [5, 5.41) is 76.9. The number of amides is 1. The SMILES string of the molecule is COCCCO[C@H]1CC[C@@]2(C)[C@@H](C1)C(=O)C=C1[C@]3(O)CC[C@@H]4[C@](C)(O)C(O)(O)[C@H]5O[C@@H]6[C@@H]([C@H]5CO)C5(CCCC5)[C@@H](N[C@H]6O)C(=O)N5C[C@H]5CC#C[C@]12CC[C@]43C. The van der Waals surface area contributed by atoms with Gasteiger partial charge in [0.1, 0.15) is 24.0 Å². The first-order valence-corrected chi connectivity index (χ1v) is 21.7. The molecule has 13 heteroatoms. The molecule has 1 amide bonds. The van der Waals surface area contributed by atoms with Crippen LogP contribution in [0.15, 0.2) is 11.6 Å². The van der Waals surface area contributed by atoms with Gasteiger partial charge in [-0.25, -0.2) is 0 Å². The monoisotopic (exact) mass is 796 g/mol. The van der Waals surface area contributed by atoms with Crippen molar-refractivity contribution in [3.05, 3.63) is 11.6 Å². The van der Waals surface area contributed by atoms with E-state index >= 15 is 0 Å². The van der Waals surface area contributed by atoms with E-state index in [1.807, 2.05) is 6.92 Å². The number of hydrogen-bond acceptors (Lipinski definition) is 12. The number of fused-ring (bicyclic) bond motifs is 4. The first-order valence-electron chi connectivity index (χ1n) is 21.7. The van der Waals surface area contributed by atoms with Gasteiger partial charge in [-0.05, 0) is 88.2 Å². The quantitative estimate of drug-likeness (QED) is 0.0888. The summed E-state index contributed by atoms with van der Waals surface area (Å²) in [6, 6.07) is -0.917. The van der Waals surface area contributed by atoms with Gasteiger partial charge in [0.2, 0.25) is 11.7 Å². The van der Waals surface area contributed by atoms with E-state index in [1.165, 1.54) is 6.92 Å². The number of nitrogens with zero attached hydrogens (tertiary/aromatic N) is 1. The molecule has 57 heavy (non-hydrogen) atoms. The van der Waals surface area contributed by atoms with Gasteiger partial charge in [-0.1, -0.05) is 32.6 Å². The van der Waals surface area contributed by atoms with Crippen molar-refractivity contribution in [2.45, 2.75) is 158 Å². The summed E-state index contributed by atoms with van der Waals surface area (Å²) in [6.45, 7) is 6.56. The number of nitrogens with one attached hydrogen (secondary N) is 1. The summed E-state index contributed by atoms with van der Waals surface area (Å²) in [7, 11) is 1.66. The lowest BCUT2D eigenvalue weighted by molar-refractivity contribution is -0.345. The number of rotatable bonds is 6. The summed E-state index contributed by atoms with van der Waals surface area (Å²) in [5.41, 5.74) is -6.72. The zero-order valence-corrected chi connectivity index (χ0v) is 34.0.